The van der Waals surface area contributed by atoms with E-state index in [0.717, 1.165) is 5.56 Å². The molecular formula is C21H21N5O3. The SMILES string of the molecule is COc1ccc(OC)c([C@@H]2C(C(=O)Nc3ccccc3)=C(C)Nc3ncnn32)c1. The molecule has 8 nitrogen and oxygen atoms in total. The number of carbonyl (C=O) groups is 1. The maximum atomic E-state index is 13.3. The zero-order valence-electron chi connectivity index (χ0n) is 16.3. The van der Waals surface area contributed by atoms with Gasteiger partial charge in [-0.25, -0.2) is 4.68 Å². The zero-order valence-corrected chi connectivity index (χ0v) is 16.3. The van der Waals surface area contributed by atoms with Gasteiger partial charge in [0.25, 0.3) is 5.91 Å². The van der Waals surface area contributed by atoms with E-state index in [2.05, 4.69) is 20.7 Å². The second kappa shape index (κ2) is 7.67. The molecule has 1 aliphatic rings. The molecule has 0 aliphatic carbocycles. The van der Waals surface area contributed by atoms with E-state index >= 15 is 0 Å². The van der Waals surface area contributed by atoms with Gasteiger partial charge >= 0.3 is 0 Å². The Bertz CT molecular complexity index is 1070. The molecule has 0 fully saturated rings. The molecule has 4 rings (SSSR count). The Morgan fingerprint density at radius 3 is 2.66 bits per heavy atom. The normalized spacial score (nSPS) is 15.3. The topological polar surface area (TPSA) is 90.3 Å². The molecule has 0 unspecified atom stereocenters. The summed E-state index contributed by atoms with van der Waals surface area (Å²) in [5.41, 5.74) is 2.66. The van der Waals surface area contributed by atoms with Crippen LogP contribution < -0.4 is 20.1 Å². The van der Waals surface area contributed by atoms with Crippen LogP contribution in [0.5, 0.6) is 11.5 Å². The van der Waals surface area contributed by atoms with Crippen LogP contribution in [0.15, 0.2) is 66.1 Å². The molecule has 2 heterocycles. The van der Waals surface area contributed by atoms with E-state index in [1.807, 2.05) is 55.5 Å². The van der Waals surface area contributed by atoms with Crippen LogP contribution in [0.25, 0.3) is 0 Å². The van der Waals surface area contributed by atoms with Crippen molar-refractivity contribution in [1.29, 1.82) is 0 Å². The van der Waals surface area contributed by atoms with Gasteiger partial charge in [0.2, 0.25) is 5.95 Å². The first-order chi connectivity index (χ1) is 14.1. The van der Waals surface area contributed by atoms with Crippen LogP contribution in [0.3, 0.4) is 0 Å². The number of nitrogens with one attached hydrogen (secondary N) is 2. The van der Waals surface area contributed by atoms with Crippen molar-refractivity contribution < 1.29 is 14.3 Å². The molecule has 2 N–H and O–H groups in total. The first kappa shape index (κ1) is 18.5. The van der Waals surface area contributed by atoms with Crippen LogP contribution in [0.1, 0.15) is 18.5 Å². The zero-order chi connectivity index (χ0) is 20.4. The smallest absolute Gasteiger partial charge is 0.255 e. The molecule has 0 radical (unpaired) electrons. The van der Waals surface area contributed by atoms with E-state index in [1.165, 1.54) is 6.33 Å². The molecule has 2 aromatic carbocycles. The summed E-state index contributed by atoms with van der Waals surface area (Å²) in [6.45, 7) is 1.84. The van der Waals surface area contributed by atoms with E-state index in [-0.39, 0.29) is 5.91 Å². The molecule has 1 atom stereocenters. The Balaban J connectivity index is 1.84. The number of allylic oxidation sites excluding steroid dienone is 1. The summed E-state index contributed by atoms with van der Waals surface area (Å²) >= 11 is 0. The predicted octanol–water partition coefficient (Wildman–Crippen LogP) is 3.22. The number of aromatic nitrogens is 3. The summed E-state index contributed by atoms with van der Waals surface area (Å²) in [6, 6.07) is 14.3. The van der Waals surface area contributed by atoms with Gasteiger partial charge in [-0.05, 0) is 37.3 Å². The van der Waals surface area contributed by atoms with Crippen molar-refractivity contribution in [2.75, 3.05) is 24.9 Å². The molecule has 3 aromatic rings. The minimum Gasteiger partial charge on any atom is -0.497 e. The highest BCUT2D eigenvalue weighted by atomic mass is 16.5. The summed E-state index contributed by atoms with van der Waals surface area (Å²) in [7, 11) is 3.19. The number of ether oxygens (including phenoxy) is 2. The van der Waals surface area contributed by atoms with Gasteiger partial charge in [-0.2, -0.15) is 10.1 Å². The third-order valence-corrected chi connectivity index (χ3v) is 4.80. The number of carbonyl (C=O) groups excluding carboxylic acids is 1. The summed E-state index contributed by atoms with van der Waals surface area (Å²) in [5.74, 6) is 1.59. The maximum absolute atomic E-state index is 13.3. The Morgan fingerprint density at radius 2 is 1.93 bits per heavy atom. The van der Waals surface area contributed by atoms with E-state index < -0.39 is 6.04 Å². The van der Waals surface area contributed by atoms with E-state index in [9.17, 15) is 4.79 Å². The van der Waals surface area contributed by atoms with Gasteiger partial charge in [-0.15, -0.1) is 0 Å². The van der Waals surface area contributed by atoms with Crippen molar-refractivity contribution in [3.05, 3.63) is 71.7 Å². The predicted molar refractivity (Wildman–Crippen MR) is 109 cm³/mol. The number of hydrogen-bond acceptors (Lipinski definition) is 6. The number of fused-ring (bicyclic) bond motifs is 1. The Labute approximate surface area is 168 Å². The van der Waals surface area contributed by atoms with Gasteiger partial charge < -0.3 is 20.1 Å². The lowest BCUT2D eigenvalue weighted by atomic mass is 9.94. The first-order valence-electron chi connectivity index (χ1n) is 9.08. The van der Waals surface area contributed by atoms with Crippen molar-refractivity contribution in [3.63, 3.8) is 0 Å². The van der Waals surface area contributed by atoms with Crippen molar-refractivity contribution >= 4 is 17.5 Å². The Morgan fingerprint density at radius 1 is 1.14 bits per heavy atom. The van der Waals surface area contributed by atoms with Gasteiger partial charge in [0.1, 0.15) is 23.9 Å². The second-order valence-electron chi connectivity index (χ2n) is 6.52. The van der Waals surface area contributed by atoms with Crippen molar-refractivity contribution in [3.8, 4) is 11.5 Å². The van der Waals surface area contributed by atoms with Crippen LogP contribution in [-0.4, -0.2) is 34.9 Å². The fraction of sp³-hybridized carbons (Fsp3) is 0.190. The van der Waals surface area contributed by atoms with E-state index in [0.29, 0.717) is 34.4 Å². The average Bonchev–Trinajstić information content (AvgIpc) is 3.20. The lowest BCUT2D eigenvalue weighted by Gasteiger charge is -2.29. The first-order valence-corrected chi connectivity index (χ1v) is 9.08. The second-order valence-corrected chi connectivity index (χ2v) is 6.52. The molecule has 0 saturated carbocycles. The molecule has 0 saturated heterocycles. The van der Waals surface area contributed by atoms with Crippen LogP contribution >= 0.6 is 0 Å². The summed E-state index contributed by atoms with van der Waals surface area (Å²) in [5, 5.41) is 10.5. The largest absolute Gasteiger partial charge is 0.497 e. The molecule has 0 spiro atoms. The van der Waals surface area contributed by atoms with Crippen LogP contribution in [0.2, 0.25) is 0 Å². The number of anilines is 2. The fourth-order valence-electron chi connectivity index (χ4n) is 3.45. The van der Waals surface area contributed by atoms with E-state index in [1.54, 1.807) is 18.9 Å². The highest BCUT2D eigenvalue weighted by Crippen LogP contribution is 2.40. The Kier molecular flexibility index (Phi) is 4.90. The summed E-state index contributed by atoms with van der Waals surface area (Å²) in [6.07, 6.45) is 1.45. The number of para-hydroxylation sites is 1. The summed E-state index contributed by atoms with van der Waals surface area (Å²) in [4.78, 5) is 17.6. The molecule has 8 heteroatoms. The van der Waals surface area contributed by atoms with Crippen molar-refractivity contribution in [1.82, 2.24) is 14.8 Å². The molecule has 0 bridgehead atoms. The van der Waals surface area contributed by atoms with Gasteiger partial charge in [-0.3, -0.25) is 4.79 Å². The number of methoxy groups -OCH3 is 2. The molecule has 1 aromatic heterocycles. The monoisotopic (exact) mass is 391 g/mol. The lowest BCUT2D eigenvalue weighted by molar-refractivity contribution is -0.113. The third kappa shape index (κ3) is 3.40. The van der Waals surface area contributed by atoms with Gasteiger partial charge in [0, 0.05) is 16.9 Å². The minimum absolute atomic E-state index is 0.239. The number of amides is 1. The number of hydrogen-bond donors (Lipinski definition) is 2. The highest BCUT2D eigenvalue weighted by molar-refractivity contribution is 6.06. The van der Waals surface area contributed by atoms with Crippen molar-refractivity contribution in [2.45, 2.75) is 13.0 Å². The quantitative estimate of drug-likeness (QED) is 0.694. The minimum atomic E-state index is -0.539. The van der Waals surface area contributed by atoms with Crippen molar-refractivity contribution in [2.24, 2.45) is 0 Å². The number of rotatable bonds is 5. The van der Waals surface area contributed by atoms with Gasteiger partial charge in [0.15, 0.2) is 0 Å². The summed E-state index contributed by atoms with van der Waals surface area (Å²) < 4.78 is 12.7. The molecular weight excluding hydrogens is 370 g/mol. The molecule has 148 valence electrons. The van der Waals surface area contributed by atoms with Crippen LogP contribution in [0, 0.1) is 0 Å². The third-order valence-electron chi connectivity index (χ3n) is 4.80. The van der Waals surface area contributed by atoms with Gasteiger partial charge in [0.05, 0.1) is 19.8 Å². The fourth-order valence-corrected chi connectivity index (χ4v) is 3.45. The number of benzene rings is 2. The van der Waals surface area contributed by atoms with E-state index in [4.69, 9.17) is 9.47 Å². The molecule has 29 heavy (non-hydrogen) atoms. The van der Waals surface area contributed by atoms with Gasteiger partial charge in [-0.1, -0.05) is 18.2 Å². The number of nitrogens with zero attached hydrogens (tertiary/aromatic N) is 3. The lowest BCUT2D eigenvalue weighted by Crippen LogP contribution is -2.31. The standard InChI is InChI=1S/C21H21N5O3/c1-13-18(20(27)25-14-7-5-4-6-8-14)19(26-21(24-13)22-12-23-26)16-11-15(28-2)9-10-17(16)29-3/h4-12,19H,1-3H3,(H,25,27)(H,22,23,24)/t19-/m1/s1. The van der Waals surface area contributed by atoms with Crippen LogP contribution in [0.4, 0.5) is 11.6 Å². The molecule has 1 aliphatic heterocycles. The average molecular weight is 391 g/mol. The molecule has 1 amide bonds. The van der Waals surface area contributed by atoms with Crippen LogP contribution in [-0.2, 0) is 4.79 Å². The highest BCUT2D eigenvalue weighted by Gasteiger charge is 2.35. The maximum Gasteiger partial charge on any atom is 0.255 e. The Hall–Kier alpha value is -3.81.